The van der Waals surface area contributed by atoms with Gasteiger partial charge in [0.25, 0.3) is 10.2 Å². The lowest BCUT2D eigenvalue weighted by Crippen LogP contribution is -2.49. The van der Waals surface area contributed by atoms with E-state index in [4.69, 9.17) is 0 Å². The van der Waals surface area contributed by atoms with Gasteiger partial charge in [0.15, 0.2) is 0 Å². The topological polar surface area (TPSA) is 52.7 Å². The van der Waals surface area contributed by atoms with Crippen LogP contribution < -0.4 is 5.32 Å². The number of rotatable bonds is 7. The molecule has 1 unspecified atom stereocenters. The van der Waals surface area contributed by atoms with Crippen LogP contribution in [-0.4, -0.2) is 56.8 Å². The van der Waals surface area contributed by atoms with Crippen molar-refractivity contribution in [2.24, 2.45) is 5.92 Å². The van der Waals surface area contributed by atoms with Crippen LogP contribution in [0.25, 0.3) is 0 Å². The molecule has 1 rings (SSSR count). The van der Waals surface area contributed by atoms with Gasteiger partial charge in [0.2, 0.25) is 0 Å². The molecule has 0 bridgehead atoms. The lowest BCUT2D eigenvalue weighted by atomic mass is 10.00. The number of hydrogen-bond donors (Lipinski definition) is 1. The van der Waals surface area contributed by atoms with Gasteiger partial charge in [-0.25, -0.2) is 0 Å². The van der Waals surface area contributed by atoms with Crippen LogP contribution >= 0.6 is 0 Å². The fourth-order valence-corrected chi connectivity index (χ4v) is 4.31. The second kappa shape index (κ2) is 7.38. The Bertz CT molecular complexity index is 393. The average Bonchev–Trinajstić information content (AvgIpc) is 2.36. The Kier molecular flexibility index (Phi) is 6.46. The van der Waals surface area contributed by atoms with Crippen LogP contribution in [0.5, 0.6) is 0 Å². The minimum absolute atomic E-state index is 0.409. The summed E-state index contributed by atoms with van der Waals surface area (Å²) in [4.78, 5) is 0. The third-order valence-corrected chi connectivity index (χ3v) is 5.45. The number of nitrogens with zero attached hydrogens (tertiary/aromatic N) is 2. The van der Waals surface area contributed by atoms with Gasteiger partial charge in [-0.3, -0.25) is 0 Å². The summed E-state index contributed by atoms with van der Waals surface area (Å²) in [5, 5.41) is 3.14. The molecule has 0 spiro atoms. The third-order valence-electron chi connectivity index (χ3n) is 3.43. The molecule has 1 aliphatic rings. The van der Waals surface area contributed by atoms with Gasteiger partial charge < -0.3 is 5.32 Å². The molecule has 5 nitrogen and oxygen atoms in total. The molecule has 1 fully saturated rings. The van der Waals surface area contributed by atoms with E-state index in [-0.39, 0.29) is 0 Å². The second-order valence-electron chi connectivity index (χ2n) is 5.32. The Balaban J connectivity index is 2.77. The Morgan fingerprint density at radius 1 is 1.53 bits per heavy atom. The van der Waals surface area contributed by atoms with Crippen LogP contribution in [0.4, 0.5) is 0 Å². The van der Waals surface area contributed by atoms with Crippen LogP contribution in [0.2, 0.25) is 0 Å². The fourth-order valence-electron chi connectivity index (χ4n) is 2.51. The second-order valence-corrected chi connectivity index (χ2v) is 7.24. The van der Waals surface area contributed by atoms with Crippen LogP contribution in [0, 0.1) is 5.92 Å². The monoisotopic (exact) mass is 289 g/mol. The molecule has 1 heterocycles. The molecule has 0 amide bonds. The van der Waals surface area contributed by atoms with Crippen LogP contribution in [-0.2, 0) is 10.2 Å². The van der Waals surface area contributed by atoms with E-state index >= 15 is 0 Å². The van der Waals surface area contributed by atoms with Crippen molar-refractivity contribution in [2.75, 3.05) is 39.8 Å². The first-order valence-electron chi connectivity index (χ1n) is 6.96. The third kappa shape index (κ3) is 4.56. The molecule has 1 aliphatic heterocycles. The molecule has 1 atom stereocenters. The van der Waals surface area contributed by atoms with Gasteiger partial charge in [0.05, 0.1) is 0 Å². The van der Waals surface area contributed by atoms with Gasteiger partial charge in [-0.05, 0) is 39.3 Å². The van der Waals surface area contributed by atoms with E-state index in [0.29, 0.717) is 32.1 Å². The summed E-state index contributed by atoms with van der Waals surface area (Å²) >= 11 is 0. The highest BCUT2D eigenvalue weighted by atomic mass is 32.2. The lowest BCUT2D eigenvalue weighted by Gasteiger charge is -2.35. The summed E-state index contributed by atoms with van der Waals surface area (Å²) in [6.45, 7) is 10.6. The largest absolute Gasteiger partial charge is 0.319 e. The Morgan fingerprint density at radius 3 is 2.74 bits per heavy atom. The quantitative estimate of drug-likeness (QED) is 0.713. The maximum Gasteiger partial charge on any atom is 0.282 e. The number of nitrogens with one attached hydrogen (secondary N) is 1. The van der Waals surface area contributed by atoms with Gasteiger partial charge in [-0.1, -0.05) is 19.1 Å². The predicted molar refractivity (Wildman–Crippen MR) is 79.2 cm³/mol. The van der Waals surface area contributed by atoms with E-state index < -0.39 is 10.2 Å². The van der Waals surface area contributed by atoms with Gasteiger partial charge in [0.1, 0.15) is 0 Å². The molecule has 0 radical (unpaired) electrons. The highest BCUT2D eigenvalue weighted by molar-refractivity contribution is 7.86. The smallest absolute Gasteiger partial charge is 0.282 e. The maximum absolute atomic E-state index is 12.6. The zero-order chi connectivity index (χ0) is 14.5. The van der Waals surface area contributed by atoms with Crippen LogP contribution in [0.15, 0.2) is 12.2 Å². The summed E-state index contributed by atoms with van der Waals surface area (Å²) in [5.74, 6) is 0.414. The first-order valence-corrected chi connectivity index (χ1v) is 8.35. The number of piperidine rings is 1. The van der Waals surface area contributed by atoms with Crippen LogP contribution in [0.1, 0.15) is 26.7 Å². The van der Waals surface area contributed by atoms with Crippen molar-refractivity contribution in [1.82, 2.24) is 13.9 Å². The van der Waals surface area contributed by atoms with E-state index in [9.17, 15) is 8.42 Å². The summed E-state index contributed by atoms with van der Waals surface area (Å²) in [5.41, 5.74) is 0.870. The van der Waals surface area contributed by atoms with Crippen LogP contribution in [0.3, 0.4) is 0 Å². The predicted octanol–water partition coefficient (Wildman–Crippen LogP) is 1.06. The van der Waals surface area contributed by atoms with Crippen molar-refractivity contribution in [1.29, 1.82) is 0 Å². The zero-order valence-corrected chi connectivity index (χ0v) is 13.2. The molecule has 6 heteroatoms. The minimum Gasteiger partial charge on any atom is -0.319 e. The Morgan fingerprint density at radius 2 is 2.21 bits per heavy atom. The molecular formula is C13H27N3O2S. The number of hydrogen-bond acceptors (Lipinski definition) is 3. The molecular weight excluding hydrogens is 262 g/mol. The van der Waals surface area contributed by atoms with E-state index in [2.05, 4.69) is 11.9 Å². The molecule has 19 heavy (non-hydrogen) atoms. The molecule has 0 aromatic heterocycles. The first-order chi connectivity index (χ1) is 8.91. The first kappa shape index (κ1) is 16.6. The molecule has 112 valence electrons. The molecule has 0 saturated carbocycles. The summed E-state index contributed by atoms with van der Waals surface area (Å²) in [6.07, 6.45) is 2.04. The molecule has 1 N–H and O–H groups in total. The molecule has 0 aromatic rings. The molecule has 0 aliphatic carbocycles. The standard InChI is InChI=1S/C13H27N3O2S/c1-5-15(10-12(2)3)19(17,18)16-8-6-7-13(11-16)9-14-4/h13-14H,2,5-11H2,1,3-4H3. The SMILES string of the molecule is C=C(C)CN(CC)S(=O)(=O)N1CCCC(CNC)C1. The van der Waals surface area contributed by atoms with Crippen molar-refractivity contribution in [2.45, 2.75) is 26.7 Å². The van der Waals surface area contributed by atoms with E-state index in [0.717, 1.165) is 25.0 Å². The van der Waals surface area contributed by atoms with E-state index in [1.165, 1.54) is 4.31 Å². The number of likely N-dealkylation sites (N-methyl/N-ethyl adjacent to an activating group) is 1. The van der Waals surface area contributed by atoms with Crippen molar-refractivity contribution < 1.29 is 8.42 Å². The molecule has 1 saturated heterocycles. The van der Waals surface area contributed by atoms with Crippen molar-refractivity contribution in [3.05, 3.63) is 12.2 Å². The Labute approximate surface area is 117 Å². The highest BCUT2D eigenvalue weighted by Crippen LogP contribution is 2.21. The summed E-state index contributed by atoms with van der Waals surface area (Å²) in [7, 11) is -1.43. The van der Waals surface area contributed by atoms with Gasteiger partial charge >= 0.3 is 0 Å². The highest BCUT2D eigenvalue weighted by Gasteiger charge is 2.32. The minimum atomic E-state index is -3.34. The fraction of sp³-hybridized carbons (Fsp3) is 0.846. The average molecular weight is 289 g/mol. The van der Waals surface area contributed by atoms with Gasteiger partial charge in [0, 0.05) is 26.2 Å². The van der Waals surface area contributed by atoms with Crippen molar-refractivity contribution >= 4 is 10.2 Å². The summed E-state index contributed by atoms with van der Waals surface area (Å²) < 4.78 is 28.3. The normalized spacial score (nSPS) is 21.8. The maximum atomic E-state index is 12.6. The van der Waals surface area contributed by atoms with E-state index in [1.807, 2.05) is 20.9 Å². The van der Waals surface area contributed by atoms with Gasteiger partial charge in [-0.2, -0.15) is 17.0 Å². The van der Waals surface area contributed by atoms with Gasteiger partial charge in [-0.15, -0.1) is 0 Å². The van der Waals surface area contributed by atoms with Crippen molar-refractivity contribution in [3.8, 4) is 0 Å². The lowest BCUT2D eigenvalue weighted by molar-refractivity contribution is 0.247. The van der Waals surface area contributed by atoms with Crippen molar-refractivity contribution in [3.63, 3.8) is 0 Å². The molecule has 0 aromatic carbocycles. The zero-order valence-electron chi connectivity index (χ0n) is 12.4. The Hall–Kier alpha value is -0.430. The summed E-state index contributed by atoms with van der Waals surface area (Å²) in [6, 6.07) is 0. The van der Waals surface area contributed by atoms with E-state index in [1.54, 1.807) is 4.31 Å².